The lowest BCUT2D eigenvalue weighted by atomic mass is 10.0. The summed E-state index contributed by atoms with van der Waals surface area (Å²) in [5, 5.41) is 0. The van der Waals surface area contributed by atoms with E-state index in [9.17, 15) is 14.2 Å². The van der Waals surface area contributed by atoms with Crippen molar-refractivity contribution in [3.63, 3.8) is 0 Å². The Bertz CT molecular complexity index is 736. The number of carbonyl (C=O) groups excluding carboxylic acids is 2. The van der Waals surface area contributed by atoms with Crippen LogP contribution in [0.4, 0.5) is 0 Å². The summed E-state index contributed by atoms with van der Waals surface area (Å²) in [6, 6.07) is 0. The molecule has 0 aromatic heterocycles. The van der Waals surface area contributed by atoms with E-state index in [1.54, 1.807) is 0 Å². The van der Waals surface area contributed by atoms with Crippen LogP contribution in [0.2, 0.25) is 0 Å². The first-order chi connectivity index (χ1) is 21.3. The summed E-state index contributed by atoms with van der Waals surface area (Å²) in [4.78, 5) is 42.5. The second kappa shape index (κ2) is 31.8. The van der Waals surface area contributed by atoms with Crippen LogP contribution in [0.25, 0.3) is 0 Å². The van der Waals surface area contributed by atoms with Crippen LogP contribution in [-0.2, 0) is 28.2 Å². The molecule has 0 saturated carbocycles. The van der Waals surface area contributed by atoms with Gasteiger partial charge in [0, 0.05) is 12.8 Å². The van der Waals surface area contributed by atoms with E-state index in [0.717, 1.165) is 57.8 Å². The van der Waals surface area contributed by atoms with E-state index in [1.165, 1.54) is 89.9 Å². The standard InChI is InChI=1S/C35H67O8P/c1-3-5-7-9-11-13-15-16-17-18-20-21-23-25-27-29-34(36)41-31-33(32-42-44(38,39)40)43-35(37)30-28-26-24-22-19-14-12-10-8-6-4-2/h10,12,33H,3-9,11,13-32H2,1-2H3,(H2,38,39,40)/b12-10-/t33-/m1/s1. The molecule has 0 bridgehead atoms. The Balaban J connectivity index is 3.95. The van der Waals surface area contributed by atoms with Crippen LogP contribution in [0.15, 0.2) is 12.2 Å². The van der Waals surface area contributed by atoms with E-state index >= 15 is 0 Å². The molecule has 0 spiro atoms. The van der Waals surface area contributed by atoms with Crippen LogP contribution < -0.4 is 0 Å². The van der Waals surface area contributed by atoms with Gasteiger partial charge in [-0.1, -0.05) is 148 Å². The third kappa shape index (κ3) is 33.7. The number of rotatable bonds is 33. The van der Waals surface area contributed by atoms with E-state index in [4.69, 9.17) is 19.3 Å². The molecule has 2 N–H and O–H groups in total. The van der Waals surface area contributed by atoms with Gasteiger partial charge in [-0.05, 0) is 32.1 Å². The van der Waals surface area contributed by atoms with Gasteiger partial charge in [0.2, 0.25) is 0 Å². The molecule has 0 fully saturated rings. The van der Waals surface area contributed by atoms with Gasteiger partial charge in [-0.25, -0.2) is 4.57 Å². The first-order valence-electron chi connectivity index (χ1n) is 18.0. The molecule has 0 heterocycles. The average Bonchev–Trinajstić information content (AvgIpc) is 2.98. The van der Waals surface area contributed by atoms with Gasteiger partial charge in [-0.3, -0.25) is 14.1 Å². The molecule has 1 atom stereocenters. The molecule has 0 aromatic carbocycles. The van der Waals surface area contributed by atoms with Crippen LogP contribution in [0.3, 0.4) is 0 Å². The number of allylic oxidation sites excluding steroid dienone is 2. The third-order valence-corrected chi connectivity index (χ3v) is 8.27. The molecule has 44 heavy (non-hydrogen) atoms. The third-order valence-electron chi connectivity index (χ3n) is 7.78. The lowest BCUT2D eigenvalue weighted by Crippen LogP contribution is -2.29. The van der Waals surface area contributed by atoms with Gasteiger partial charge < -0.3 is 19.3 Å². The molecular formula is C35H67O8P. The van der Waals surface area contributed by atoms with Crippen molar-refractivity contribution in [1.82, 2.24) is 0 Å². The van der Waals surface area contributed by atoms with Crippen molar-refractivity contribution in [2.45, 2.75) is 187 Å². The van der Waals surface area contributed by atoms with Crippen molar-refractivity contribution in [3.05, 3.63) is 12.2 Å². The normalized spacial score (nSPS) is 12.5. The molecule has 0 aliphatic carbocycles. The Kier molecular flexibility index (Phi) is 30.9. The van der Waals surface area contributed by atoms with Crippen molar-refractivity contribution in [2.75, 3.05) is 13.2 Å². The van der Waals surface area contributed by atoms with E-state index in [2.05, 4.69) is 30.5 Å². The highest BCUT2D eigenvalue weighted by atomic mass is 31.2. The number of phosphoric acid groups is 1. The van der Waals surface area contributed by atoms with Gasteiger partial charge in [0.05, 0.1) is 6.61 Å². The average molecular weight is 647 g/mol. The Morgan fingerprint density at radius 2 is 0.977 bits per heavy atom. The van der Waals surface area contributed by atoms with E-state index in [-0.39, 0.29) is 19.4 Å². The molecule has 0 rings (SSSR count). The van der Waals surface area contributed by atoms with E-state index in [0.29, 0.717) is 6.42 Å². The number of hydrogen-bond donors (Lipinski definition) is 2. The van der Waals surface area contributed by atoms with Crippen LogP contribution in [0, 0.1) is 0 Å². The van der Waals surface area contributed by atoms with Gasteiger partial charge >= 0.3 is 19.8 Å². The maximum Gasteiger partial charge on any atom is 0.469 e. The molecule has 8 nitrogen and oxygen atoms in total. The zero-order valence-electron chi connectivity index (χ0n) is 28.3. The summed E-state index contributed by atoms with van der Waals surface area (Å²) in [5.74, 6) is -0.890. The van der Waals surface area contributed by atoms with Gasteiger partial charge in [-0.15, -0.1) is 0 Å². The summed E-state index contributed by atoms with van der Waals surface area (Å²) in [7, 11) is -4.74. The molecule has 0 aliphatic rings. The minimum atomic E-state index is -4.74. The molecular weight excluding hydrogens is 579 g/mol. The van der Waals surface area contributed by atoms with E-state index in [1.807, 2.05) is 0 Å². The van der Waals surface area contributed by atoms with Crippen molar-refractivity contribution in [2.24, 2.45) is 0 Å². The number of phosphoric ester groups is 1. The monoisotopic (exact) mass is 646 g/mol. The fourth-order valence-corrected chi connectivity index (χ4v) is 5.42. The lowest BCUT2D eigenvalue weighted by Gasteiger charge is -2.18. The van der Waals surface area contributed by atoms with Gasteiger partial charge in [-0.2, -0.15) is 0 Å². The topological polar surface area (TPSA) is 119 Å². The number of unbranched alkanes of at least 4 members (excludes halogenated alkanes) is 21. The molecule has 0 unspecified atom stereocenters. The molecule has 9 heteroatoms. The molecule has 0 aliphatic heterocycles. The number of ether oxygens (including phenoxy) is 2. The van der Waals surface area contributed by atoms with Crippen molar-refractivity contribution in [1.29, 1.82) is 0 Å². The highest BCUT2D eigenvalue weighted by Gasteiger charge is 2.22. The summed E-state index contributed by atoms with van der Waals surface area (Å²) in [6.07, 6.45) is 32.2. The van der Waals surface area contributed by atoms with Crippen LogP contribution in [0.1, 0.15) is 181 Å². The highest BCUT2D eigenvalue weighted by molar-refractivity contribution is 7.46. The highest BCUT2D eigenvalue weighted by Crippen LogP contribution is 2.36. The molecule has 0 amide bonds. The number of esters is 2. The maximum atomic E-state index is 12.3. The molecule has 0 radical (unpaired) electrons. The van der Waals surface area contributed by atoms with Gasteiger partial charge in [0.1, 0.15) is 6.61 Å². The second-order valence-corrected chi connectivity index (χ2v) is 13.4. The molecule has 0 saturated heterocycles. The van der Waals surface area contributed by atoms with Gasteiger partial charge in [0.15, 0.2) is 6.10 Å². The Morgan fingerprint density at radius 1 is 0.568 bits per heavy atom. The summed E-state index contributed by atoms with van der Waals surface area (Å²) >= 11 is 0. The number of carbonyl (C=O) groups is 2. The van der Waals surface area contributed by atoms with Gasteiger partial charge in [0.25, 0.3) is 0 Å². The van der Waals surface area contributed by atoms with E-state index < -0.39 is 32.5 Å². The van der Waals surface area contributed by atoms with Crippen molar-refractivity contribution >= 4 is 19.8 Å². The molecule has 260 valence electrons. The fourth-order valence-electron chi connectivity index (χ4n) is 5.06. The smallest absolute Gasteiger partial charge is 0.462 e. The summed E-state index contributed by atoms with van der Waals surface area (Å²) in [6.45, 7) is 3.63. The lowest BCUT2D eigenvalue weighted by molar-refractivity contribution is -0.161. The van der Waals surface area contributed by atoms with Crippen LogP contribution in [-0.4, -0.2) is 41.0 Å². The zero-order valence-corrected chi connectivity index (χ0v) is 29.2. The number of hydrogen-bond acceptors (Lipinski definition) is 6. The predicted molar refractivity (Wildman–Crippen MR) is 179 cm³/mol. The van der Waals surface area contributed by atoms with Crippen LogP contribution >= 0.6 is 7.82 Å². The zero-order chi connectivity index (χ0) is 32.6. The second-order valence-electron chi connectivity index (χ2n) is 12.2. The Hall–Kier alpha value is -1.21. The minimum Gasteiger partial charge on any atom is -0.462 e. The van der Waals surface area contributed by atoms with Crippen LogP contribution in [0.5, 0.6) is 0 Å². The first-order valence-corrected chi connectivity index (χ1v) is 19.5. The molecule has 0 aromatic rings. The van der Waals surface area contributed by atoms with Crippen molar-refractivity contribution in [3.8, 4) is 0 Å². The first kappa shape index (κ1) is 42.8. The summed E-state index contributed by atoms with van der Waals surface area (Å²) in [5.41, 5.74) is 0. The Morgan fingerprint density at radius 3 is 1.45 bits per heavy atom. The maximum absolute atomic E-state index is 12.3. The quantitative estimate of drug-likeness (QED) is 0.0313. The minimum absolute atomic E-state index is 0.205. The SMILES string of the molecule is CCCC/C=C\CCCCCCCC(=O)O[C@H](COC(=O)CCCCCCCCCCCCCCCCC)COP(=O)(O)O. The largest absolute Gasteiger partial charge is 0.469 e. The Labute approximate surface area is 269 Å². The fraction of sp³-hybridized carbons (Fsp3) is 0.886. The van der Waals surface area contributed by atoms with Crippen molar-refractivity contribution < 1.29 is 37.9 Å². The predicted octanol–water partition coefficient (Wildman–Crippen LogP) is 10.3. The summed E-state index contributed by atoms with van der Waals surface area (Å²) < 4.78 is 26.2.